The highest BCUT2D eigenvalue weighted by atomic mass is 16.6. The van der Waals surface area contributed by atoms with Crippen molar-refractivity contribution in [1.82, 2.24) is 14.9 Å². The molecule has 3 heterocycles. The van der Waals surface area contributed by atoms with E-state index in [0.29, 0.717) is 19.3 Å². The van der Waals surface area contributed by atoms with Crippen LogP contribution in [0.3, 0.4) is 0 Å². The first-order chi connectivity index (χ1) is 11.3. The second-order valence-electron chi connectivity index (χ2n) is 6.19. The van der Waals surface area contributed by atoms with Crippen molar-refractivity contribution in [3.8, 4) is 11.5 Å². The Morgan fingerprint density at radius 3 is 2.91 bits per heavy atom. The van der Waals surface area contributed by atoms with Gasteiger partial charge in [0.2, 0.25) is 0 Å². The summed E-state index contributed by atoms with van der Waals surface area (Å²) in [6, 6.07) is 6.61. The Hall–Kier alpha value is -2.14. The van der Waals surface area contributed by atoms with Crippen LogP contribution in [0.1, 0.15) is 35.8 Å². The third-order valence-electron chi connectivity index (χ3n) is 4.47. The Balaban J connectivity index is 1.53. The maximum absolute atomic E-state index is 5.69. The topological polar surface area (TPSA) is 47.5 Å². The standard InChI is InChI=1S/C18H21N3O2/c1-13-10-19-11-15(20-13)16-3-2-6-21(16)12-14-4-5-17-18(9-14)23-8-7-22-17/h4-5,9-11,16H,2-3,6-8,12H2,1H3. The molecule has 23 heavy (non-hydrogen) atoms. The fraction of sp³-hybridized carbons (Fsp3) is 0.444. The van der Waals surface area contributed by atoms with Gasteiger partial charge in [0.15, 0.2) is 11.5 Å². The Morgan fingerprint density at radius 2 is 2.04 bits per heavy atom. The van der Waals surface area contributed by atoms with Gasteiger partial charge in [-0.25, -0.2) is 0 Å². The highest BCUT2D eigenvalue weighted by Gasteiger charge is 2.27. The molecule has 1 saturated heterocycles. The van der Waals surface area contributed by atoms with Gasteiger partial charge in [0.05, 0.1) is 17.4 Å². The first-order valence-corrected chi connectivity index (χ1v) is 8.21. The lowest BCUT2D eigenvalue weighted by Gasteiger charge is -2.25. The van der Waals surface area contributed by atoms with Crippen LogP contribution in [0.2, 0.25) is 0 Å². The summed E-state index contributed by atoms with van der Waals surface area (Å²) in [4.78, 5) is 11.5. The van der Waals surface area contributed by atoms with Crippen LogP contribution in [0.15, 0.2) is 30.6 Å². The lowest BCUT2D eigenvalue weighted by molar-refractivity contribution is 0.171. The molecule has 0 bridgehead atoms. The highest BCUT2D eigenvalue weighted by Crippen LogP contribution is 2.35. The predicted octanol–water partition coefficient (Wildman–Crippen LogP) is 2.89. The third-order valence-corrected chi connectivity index (χ3v) is 4.47. The van der Waals surface area contributed by atoms with Crippen LogP contribution in [-0.2, 0) is 6.54 Å². The van der Waals surface area contributed by atoms with Gasteiger partial charge in [0.25, 0.3) is 0 Å². The van der Waals surface area contributed by atoms with Crippen molar-refractivity contribution in [1.29, 1.82) is 0 Å². The fourth-order valence-electron chi connectivity index (χ4n) is 3.41. The van der Waals surface area contributed by atoms with Crippen molar-refractivity contribution in [2.24, 2.45) is 0 Å². The molecule has 0 saturated carbocycles. The average Bonchev–Trinajstić information content (AvgIpc) is 3.03. The zero-order chi connectivity index (χ0) is 15.6. The van der Waals surface area contributed by atoms with Crippen LogP contribution in [0.25, 0.3) is 0 Å². The van der Waals surface area contributed by atoms with Crippen molar-refractivity contribution in [3.05, 3.63) is 47.5 Å². The molecule has 1 unspecified atom stereocenters. The predicted molar refractivity (Wildman–Crippen MR) is 86.6 cm³/mol. The Labute approximate surface area is 136 Å². The third kappa shape index (κ3) is 3.01. The summed E-state index contributed by atoms with van der Waals surface area (Å²) in [6.07, 6.45) is 6.05. The van der Waals surface area contributed by atoms with Crippen molar-refractivity contribution in [2.75, 3.05) is 19.8 Å². The number of hydrogen-bond acceptors (Lipinski definition) is 5. The van der Waals surface area contributed by atoms with Gasteiger partial charge in [-0.05, 0) is 44.0 Å². The summed E-state index contributed by atoms with van der Waals surface area (Å²) >= 11 is 0. The second kappa shape index (κ2) is 6.16. The zero-order valence-corrected chi connectivity index (χ0v) is 13.4. The van der Waals surface area contributed by atoms with E-state index in [2.05, 4.69) is 27.0 Å². The molecule has 0 radical (unpaired) electrons. The molecule has 0 N–H and O–H groups in total. The van der Waals surface area contributed by atoms with Crippen LogP contribution >= 0.6 is 0 Å². The number of aryl methyl sites for hydroxylation is 1. The van der Waals surface area contributed by atoms with Crippen LogP contribution in [0.5, 0.6) is 11.5 Å². The van der Waals surface area contributed by atoms with E-state index >= 15 is 0 Å². The molecular weight excluding hydrogens is 290 g/mol. The minimum absolute atomic E-state index is 0.357. The van der Waals surface area contributed by atoms with Crippen molar-refractivity contribution < 1.29 is 9.47 Å². The molecule has 120 valence electrons. The molecule has 2 aliphatic rings. The quantitative estimate of drug-likeness (QED) is 0.872. The molecule has 5 heteroatoms. The SMILES string of the molecule is Cc1cncc(C2CCCN2Cc2ccc3c(c2)OCCO3)n1. The molecule has 1 atom stereocenters. The molecule has 0 aliphatic carbocycles. The summed E-state index contributed by atoms with van der Waals surface area (Å²) in [7, 11) is 0. The van der Waals surface area contributed by atoms with Gasteiger partial charge in [0, 0.05) is 18.9 Å². The molecule has 1 fully saturated rings. The first kappa shape index (κ1) is 14.5. The van der Waals surface area contributed by atoms with Gasteiger partial charge < -0.3 is 9.47 Å². The molecule has 5 nitrogen and oxygen atoms in total. The van der Waals surface area contributed by atoms with Crippen LogP contribution in [0, 0.1) is 6.92 Å². The first-order valence-electron chi connectivity index (χ1n) is 8.21. The summed E-state index contributed by atoms with van der Waals surface area (Å²) in [5.41, 5.74) is 3.32. The Bertz CT molecular complexity index is 704. The number of benzene rings is 1. The molecule has 0 amide bonds. The van der Waals surface area contributed by atoms with Gasteiger partial charge in [-0.1, -0.05) is 6.07 Å². The number of nitrogens with zero attached hydrogens (tertiary/aromatic N) is 3. The van der Waals surface area contributed by atoms with Crippen LogP contribution < -0.4 is 9.47 Å². The van der Waals surface area contributed by atoms with Crippen molar-refractivity contribution in [3.63, 3.8) is 0 Å². The fourth-order valence-corrected chi connectivity index (χ4v) is 3.41. The smallest absolute Gasteiger partial charge is 0.161 e. The average molecular weight is 311 g/mol. The summed E-state index contributed by atoms with van der Waals surface area (Å²) in [5, 5.41) is 0. The van der Waals surface area contributed by atoms with E-state index < -0.39 is 0 Å². The van der Waals surface area contributed by atoms with E-state index in [1.165, 1.54) is 12.0 Å². The molecule has 1 aromatic carbocycles. The summed E-state index contributed by atoms with van der Waals surface area (Å²) in [5.74, 6) is 1.71. The van der Waals surface area contributed by atoms with Gasteiger partial charge >= 0.3 is 0 Å². The number of aromatic nitrogens is 2. The van der Waals surface area contributed by atoms with Gasteiger partial charge in [-0.2, -0.15) is 0 Å². The van der Waals surface area contributed by atoms with Crippen LogP contribution in [-0.4, -0.2) is 34.6 Å². The number of rotatable bonds is 3. The van der Waals surface area contributed by atoms with Gasteiger partial charge in [-0.15, -0.1) is 0 Å². The van der Waals surface area contributed by atoms with E-state index in [1.807, 2.05) is 25.4 Å². The highest BCUT2D eigenvalue weighted by molar-refractivity contribution is 5.43. The minimum Gasteiger partial charge on any atom is -0.486 e. The molecule has 2 aromatic rings. The molecule has 1 aromatic heterocycles. The number of hydrogen-bond donors (Lipinski definition) is 0. The van der Waals surface area contributed by atoms with E-state index in [0.717, 1.165) is 42.4 Å². The van der Waals surface area contributed by atoms with E-state index in [4.69, 9.17) is 9.47 Å². The monoisotopic (exact) mass is 311 g/mol. The molecule has 2 aliphatic heterocycles. The minimum atomic E-state index is 0.357. The number of ether oxygens (including phenoxy) is 2. The normalized spacial score (nSPS) is 20.7. The van der Waals surface area contributed by atoms with E-state index in [9.17, 15) is 0 Å². The van der Waals surface area contributed by atoms with Crippen molar-refractivity contribution in [2.45, 2.75) is 32.4 Å². The Kier molecular flexibility index (Phi) is 3.87. The maximum Gasteiger partial charge on any atom is 0.161 e. The lowest BCUT2D eigenvalue weighted by atomic mass is 10.1. The zero-order valence-electron chi connectivity index (χ0n) is 13.4. The lowest BCUT2D eigenvalue weighted by Crippen LogP contribution is -2.24. The Morgan fingerprint density at radius 1 is 1.17 bits per heavy atom. The van der Waals surface area contributed by atoms with Crippen molar-refractivity contribution >= 4 is 0 Å². The molecular formula is C18H21N3O2. The number of fused-ring (bicyclic) bond motifs is 1. The second-order valence-corrected chi connectivity index (χ2v) is 6.19. The van der Waals surface area contributed by atoms with Crippen LogP contribution in [0.4, 0.5) is 0 Å². The molecule has 0 spiro atoms. The maximum atomic E-state index is 5.69. The van der Waals surface area contributed by atoms with E-state index in [-0.39, 0.29) is 0 Å². The summed E-state index contributed by atoms with van der Waals surface area (Å²) < 4.78 is 11.3. The molecule has 4 rings (SSSR count). The van der Waals surface area contributed by atoms with E-state index in [1.54, 1.807) is 0 Å². The van der Waals surface area contributed by atoms with Gasteiger partial charge in [0.1, 0.15) is 13.2 Å². The number of likely N-dealkylation sites (tertiary alicyclic amines) is 1. The summed E-state index contributed by atoms with van der Waals surface area (Å²) in [6.45, 7) is 5.25. The van der Waals surface area contributed by atoms with Gasteiger partial charge in [-0.3, -0.25) is 14.9 Å². The largest absolute Gasteiger partial charge is 0.486 e.